The zero-order chi connectivity index (χ0) is 19.2. The quantitative estimate of drug-likeness (QED) is 0.596. The van der Waals surface area contributed by atoms with Gasteiger partial charge in [0.2, 0.25) is 0 Å². The highest BCUT2D eigenvalue weighted by atomic mass is 16.5. The van der Waals surface area contributed by atoms with Crippen LogP contribution < -0.4 is 10.1 Å². The number of ketones is 1. The molecule has 27 heavy (non-hydrogen) atoms. The first-order valence-corrected chi connectivity index (χ1v) is 9.36. The van der Waals surface area contributed by atoms with Crippen molar-refractivity contribution in [3.63, 3.8) is 0 Å². The van der Waals surface area contributed by atoms with Crippen LogP contribution in [0.1, 0.15) is 36.0 Å². The number of ether oxygens (including phenoxy) is 2. The number of esters is 1. The minimum atomic E-state index is -0.188. The van der Waals surface area contributed by atoms with Crippen molar-refractivity contribution >= 4 is 22.7 Å². The van der Waals surface area contributed by atoms with Gasteiger partial charge < -0.3 is 14.8 Å². The third-order valence-electron chi connectivity index (χ3n) is 5.41. The van der Waals surface area contributed by atoms with Gasteiger partial charge in [0.25, 0.3) is 0 Å². The van der Waals surface area contributed by atoms with Crippen LogP contribution in [0.25, 0.3) is 10.9 Å². The predicted octanol–water partition coefficient (Wildman–Crippen LogP) is 3.00. The molecule has 0 amide bonds. The standard InChI is InChI=1S/C21H26N2O4/c1-26-16-4-5-19-18(12-16)17(8-10-23-19)20(24)6-3-14-7-9-22-13-15(14)11-21(25)27-2/h4-5,8,10,12,14-15,22H,3,6-7,9,11,13H2,1-2H3/t14-,15+/m1/s1. The second-order valence-corrected chi connectivity index (χ2v) is 7.00. The molecule has 6 nitrogen and oxygen atoms in total. The van der Waals surface area contributed by atoms with Crippen LogP contribution in [0.2, 0.25) is 0 Å². The third-order valence-corrected chi connectivity index (χ3v) is 5.41. The molecule has 2 atom stereocenters. The number of nitrogens with one attached hydrogen (secondary N) is 1. The molecule has 1 aromatic carbocycles. The molecule has 1 saturated heterocycles. The molecule has 0 unspecified atom stereocenters. The number of benzene rings is 1. The van der Waals surface area contributed by atoms with E-state index in [1.54, 1.807) is 19.4 Å². The molecule has 1 aromatic heterocycles. The lowest BCUT2D eigenvalue weighted by Gasteiger charge is -2.31. The highest BCUT2D eigenvalue weighted by Gasteiger charge is 2.28. The van der Waals surface area contributed by atoms with E-state index in [1.165, 1.54) is 7.11 Å². The molecule has 6 heteroatoms. The summed E-state index contributed by atoms with van der Waals surface area (Å²) in [7, 11) is 3.03. The average Bonchev–Trinajstić information content (AvgIpc) is 2.71. The Hall–Kier alpha value is -2.47. The van der Waals surface area contributed by atoms with Gasteiger partial charge in [-0.3, -0.25) is 14.6 Å². The Morgan fingerprint density at radius 2 is 2.07 bits per heavy atom. The number of fused-ring (bicyclic) bond motifs is 1. The molecule has 3 rings (SSSR count). The minimum absolute atomic E-state index is 0.103. The summed E-state index contributed by atoms with van der Waals surface area (Å²) in [6.45, 7) is 1.72. The van der Waals surface area contributed by atoms with Crippen LogP contribution in [0.5, 0.6) is 5.75 Å². The second kappa shape index (κ2) is 8.95. The number of Topliss-reactive ketones (excluding diaryl/α,β-unsaturated/α-hetero) is 1. The number of nitrogens with zero attached hydrogens (tertiary/aromatic N) is 1. The zero-order valence-electron chi connectivity index (χ0n) is 15.9. The van der Waals surface area contributed by atoms with Crippen molar-refractivity contribution in [3.8, 4) is 5.75 Å². The van der Waals surface area contributed by atoms with Crippen LogP contribution in [-0.2, 0) is 9.53 Å². The topological polar surface area (TPSA) is 77.5 Å². The number of hydrogen-bond acceptors (Lipinski definition) is 6. The van der Waals surface area contributed by atoms with Gasteiger partial charge in [-0.2, -0.15) is 0 Å². The van der Waals surface area contributed by atoms with Gasteiger partial charge in [0, 0.05) is 30.0 Å². The Morgan fingerprint density at radius 3 is 2.85 bits per heavy atom. The molecule has 144 valence electrons. The van der Waals surface area contributed by atoms with E-state index in [0.717, 1.165) is 36.8 Å². The molecule has 0 aliphatic carbocycles. The van der Waals surface area contributed by atoms with Crippen LogP contribution in [0, 0.1) is 11.8 Å². The molecule has 1 N–H and O–H groups in total. The van der Waals surface area contributed by atoms with E-state index in [0.29, 0.717) is 30.1 Å². The highest BCUT2D eigenvalue weighted by molar-refractivity contribution is 6.07. The molecule has 1 fully saturated rings. The number of pyridine rings is 1. The lowest BCUT2D eigenvalue weighted by Crippen LogP contribution is -2.38. The van der Waals surface area contributed by atoms with E-state index < -0.39 is 0 Å². The minimum Gasteiger partial charge on any atom is -0.497 e. The Morgan fingerprint density at radius 1 is 1.22 bits per heavy atom. The monoisotopic (exact) mass is 370 g/mol. The Kier molecular flexibility index (Phi) is 6.40. The maximum absolute atomic E-state index is 12.9. The van der Waals surface area contributed by atoms with Crippen molar-refractivity contribution in [3.05, 3.63) is 36.0 Å². The van der Waals surface area contributed by atoms with E-state index in [1.807, 2.05) is 18.2 Å². The number of rotatable bonds is 7. The van der Waals surface area contributed by atoms with E-state index in [2.05, 4.69) is 10.3 Å². The largest absolute Gasteiger partial charge is 0.497 e. The Labute approximate surface area is 159 Å². The number of hydrogen-bond donors (Lipinski definition) is 1. The van der Waals surface area contributed by atoms with Crippen molar-refractivity contribution in [1.29, 1.82) is 0 Å². The fourth-order valence-corrected chi connectivity index (χ4v) is 3.84. The number of carbonyl (C=O) groups is 2. The fourth-order valence-electron chi connectivity index (χ4n) is 3.84. The molecular formula is C21H26N2O4. The number of piperidine rings is 1. The van der Waals surface area contributed by atoms with Crippen LogP contribution in [0.3, 0.4) is 0 Å². The number of aromatic nitrogens is 1. The summed E-state index contributed by atoms with van der Waals surface area (Å²) in [4.78, 5) is 28.9. The summed E-state index contributed by atoms with van der Waals surface area (Å²) >= 11 is 0. The molecule has 0 spiro atoms. The Balaban J connectivity index is 1.71. The first-order valence-electron chi connectivity index (χ1n) is 9.36. The van der Waals surface area contributed by atoms with E-state index in [9.17, 15) is 9.59 Å². The second-order valence-electron chi connectivity index (χ2n) is 7.00. The molecule has 2 aromatic rings. The fraction of sp³-hybridized carbons (Fsp3) is 0.476. The van der Waals surface area contributed by atoms with Crippen molar-refractivity contribution in [2.24, 2.45) is 11.8 Å². The lowest BCUT2D eigenvalue weighted by molar-refractivity contribution is -0.142. The molecule has 0 saturated carbocycles. The SMILES string of the molecule is COC(=O)C[C@H]1CNCC[C@H]1CCC(=O)c1ccnc2ccc(OC)cc12. The summed E-state index contributed by atoms with van der Waals surface area (Å²) in [5.41, 5.74) is 1.46. The maximum Gasteiger partial charge on any atom is 0.305 e. The first-order chi connectivity index (χ1) is 13.1. The molecule has 2 heterocycles. The number of carbonyl (C=O) groups excluding carboxylic acids is 2. The molecular weight excluding hydrogens is 344 g/mol. The van der Waals surface area contributed by atoms with Crippen molar-refractivity contribution < 1.29 is 19.1 Å². The van der Waals surface area contributed by atoms with Gasteiger partial charge in [-0.15, -0.1) is 0 Å². The highest BCUT2D eigenvalue weighted by Crippen LogP contribution is 2.29. The van der Waals surface area contributed by atoms with Crippen LogP contribution in [0.15, 0.2) is 30.5 Å². The van der Waals surface area contributed by atoms with Gasteiger partial charge in [0.1, 0.15) is 5.75 Å². The molecule has 0 bridgehead atoms. The average molecular weight is 370 g/mol. The van der Waals surface area contributed by atoms with E-state index in [4.69, 9.17) is 9.47 Å². The van der Waals surface area contributed by atoms with Crippen LogP contribution >= 0.6 is 0 Å². The van der Waals surface area contributed by atoms with Gasteiger partial charge in [0.15, 0.2) is 5.78 Å². The van der Waals surface area contributed by atoms with Gasteiger partial charge in [-0.25, -0.2) is 0 Å². The summed E-state index contributed by atoms with van der Waals surface area (Å²) in [6.07, 6.45) is 4.28. The van der Waals surface area contributed by atoms with E-state index >= 15 is 0 Å². The molecule has 0 radical (unpaired) electrons. The maximum atomic E-state index is 12.9. The summed E-state index contributed by atoms with van der Waals surface area (Å²) in [6, 6.07) is 7.35. The smallest absolute Gasteiger partial charge is 0.305 e. The predicted molar refractivity (Wildman–Crippen MR) is 103 cm³/mol. The zero-order valence-corrected chi connectivity index (χ0v) is 15.9. The van der Waals surface area contributed by atoms with E-state index in [-0.39, 0.29) is 17.7 Å². The van der Waals surface area contributed by atoms with Gasteiger partial charge >= 0.3 is 5.97 Å². The third kappa shape index (κ3) is 4.63. The number of methoxy groups -OCH3 is 2. The van der Waals surface area contributed by atoms with Crippen LogP contribution in [-0.4, -0.2) is 44.0 Å². The normalized spacial score (nSPS) is 19.6. The molecule has 1 aliphatic rings. The Bertz CT molecular complexity index is 821. The first kappa shape index (κ1) is 19.3. The van der Waals surface area contributed by atoms with Crippen molar-refractivity contribution in [2.45, 2.75) is 25.7 Å². The summed E-state index contributed by atoms with van der Waals surface area (Å²) < 4.78 is 10.1. The summed E-state index contributed by atoms with van der Waals surface area (Å²) in [5.74, 6) is 1.18. The summed E-state index contributed by atoms with van der Waals surface area (Å²) in [5, 5.41) is 4.15. The molecule has 1 aliphatic heterocycles. The van der Waals surface area contributed by atoms with Crippen LogP contribution in [0.4, 0.5) is 0 Å². The van der Waals surface area contributed by atoms with Gasteiger partial charge in [0.05, 0.1) is 19.7 Å². The van der Waals surface area contributed by atoms with Crippen molar-refractivity contribution in [1.82, 2.24) is 10.3 Å². The van der Waals surface area contributed by atoms with Gasteiger partial charge in [-0.1, -0.05) is 0 Å². The van der Waals surface area contributed by atoms with Crippen molar-refractivity contribution in [2.75, 3.05) is 27.3 Å². The van der Waals surface area contributed by atoms with Gasteiger partial charge in [-0.05, 0) is 62.0 Å². The lowest BCUT2D eigenvalue weighted by atomic mass is 9.80.